The van der Waals surface area contributed by atoms with E-state index in [0.29, 0.717) is 12.3 Å². The van der Waals surface area contributed by atoms with Crippen LogP contribution in [0.2, 0.25) is 0 Å². The standard InChI is InChI=1S/C12H14N4O/c1-2-10(14-5-1)12-15-11(16-17-12)8-9-3-6-13-7-4-9/h3-4,6-7,10,14H,1-2,5,8H2. The summed E-state index contributed by atoms with van der Waals surface area (Å²) in [5.74, 6) is 1.45. The van der Waals surface area contributed by atoms with E-state index >= 15 is 0 Å². The van der Waals surface area contributed by atoms with Crippen LogP contribution in [0.3, 0.4) is 0 Å². The second-order valence-electron chi connectivity index (χ2n) is 4.23. The Bertz CT molecular complexity index is 476. The Balaban J connectivity index is 1.72. The molecule has 1 aliphatic heterocycles. The molecule has 0 bridgehead atoms. The van der Waals surface area contributed by atoms with Crippen LogP contribution in [0.15, 0.2) is 29.0 Å². The molecule has 1 fully saturated rings. The molecule has 1 saturated heterocycles. The van der Waals surface area contributed by atoms with E-state index in [-0.39, 0.29) is 6.04 Å². The predicted molar refractivity (Wildman–Crippen MR) is 61.3 cm³/mol. The van der Waals surface area contributed by atoms with Gasteiger partial charge in [0.05, 0.1) is 6.04 Å². The molecule has 88 valence electrons. The van der Waals surface area contributed by atoms with Gasteiger partial charge in [-0.2, -0.15) is 4.98 Å². The van der Waals surface area contributed by atoms with Gasteiger partial charge in [0.15, 0.2) is 5.82 Å². The van der Waals surface area contributed by atoms with Gasteiger partial charge in [0.1, 0.15) is 0 Å². The molecule has 5 nitrogen and oxygen atoms in total. The quantitative estimate of drug-likeness (QED) is 0.865. The highest BCUT2D eigenvalue weighted by Crippen LogP contribution is 2.21. The number of aromatic nitrogens is 3. The topological polar surface area (TPSA) is 63.8 Å². The molecule has 0 saturated carbocycles. The summed E-state index contributed by atoms with van der Waals surface area (Å²) in [5.41, 5.74) is 1.15. The summed E-state index contributed by atoms with van der Waals surface area (Å²) in [7, 11) is 0. The average Bonchev–Trinajstić information content (AvgIpc) is 3.00. The maximum absolute atomic E-state index is 5.28. The largest absolute Gasteiger partial charge is 0.338 e. The zero-order valence-electron chi connectivity index (χ0n) is 9.47. The molecule has 1 N–H and O–H groups in total. The minimum absolute atomic E-state index is 0.244. The van der Waals surface area contributed by atoms with Gasteiger partial charge in [0.25, 0.3) is 0 Å². The third kappa shape index (κ3) is 2.34. The van der Waals surface area contributed by atoms with Crippen LogP contribution in [0, 0.1) is 0 Å². The van der Waals surface area contributed by atoms with E-state index in [2.05, 4.69) is 20.4 Å². The van der Waals surface area contributed by atoms with Crippen molar-refractivity contribution in [2.75, 3.05) is 6.54 Å². The third-order valence-corrected chi connectivity index (χ3v) is 2.95. The first-order chi connectivity index (χ1) is 8.42. The van der Waals surface area contributed by atoms with Crippen molar-refractivity contribution in [3.63, 3.8) is 0 Å². The highest BCUT2D eigenvalue weighted by atomic mass is 16.5. The highest BCUT2D eigenvalue weighted by molar-refractivity contribution is 5.15. The summed E-state index contributed by atoms with van der Waals surface area (Å²) >= 11 is 0. The number of hydrogen-bond donors (Lipinski definition) is 1. The second kappa shape index (κ2) is 4.63. The Hall–Kier alpha value is -1.75. The Morgan fingerprint density at radius 1 is 1.35 bits per heavy atom. The molecule has 1 unspecified atom stereocenters. The summed E-state index contributed by atoms with van der Waals surface area (Å²) in [6.45, 7) is 1.03. The molecule has 2 aromatic rings. The Morgan fingerprint density at radius 3 is 3.00 bits per heavy atom. The van der Waals surface area contributed by atoms with Crippen LogP contribution < -0.4 is 5.32 Å². The number of nitrogens with one attached hydrogen (secondary N) is 1. The maximum atomic E-state index is 5.28. The Morgan fingerprint density at radius 2 is 2.24 bits per heavy atom. The zero-order valence-corrected chi connectivity index (χ0v) is 9.47. The monoisotopic (exact) mass is 230 g/mol. The highest BCUT2D eigenvalue weighted by Gasteiger charge is 2.22. The number of rotatable bonds is 3. The summed E-state index contributed by atoms with van der Waals surface area (Å²) in [4.78, 5) is 8.41. The van der Waals surface area contributed by atoms with E-state index in [0.717, 1.165) is 24.4 Å². The summed E-state index contributed by atoms with van der Waals surface area (Å²) in [6, 6.07) is 4.17. The second-order valence-corrected chi connectivity index (χ2v) is 4.23. The van der Waals surface area contributed by atoms with Crippen LogP contribution in [0.1, 0.15) is 36.2 Å². The first-order valence-corrected chi connectivity index (χ1v) is 5.86. The molecule has 3 rings (SSSR count). The lowest BCUT2D eigenvalue weighted by Gasteiger charge is -2.01. The molecule has 5 heteroatoms. The van der Waals surface area contributed by atoms with E-state index < -0.39 is 0 Å². The van der Waals surface area contributed by atoms with E-state index in [4.69, 9.17) is 4.52 Å². The lowest BCUT2D eigenvalue weighted by atomic mass is 10.2. The van der Waals surface area contributed by atoms with Gasteiger partial charge in [-0.1, -0.05) is 5.16 Å². The molecule has 3 heterocycles. The minimum Gasteiger partial charge on any atom is -0.338 e. The molecule has 1 aliphatic rings. The van der Waals surface area contributed by atoms with Crippen molar-refractivity contribution in [3.05, 3.63) is 41.8 Å². The first-order valence-electron chi connectivity index (χ1n) is 5.86. The van der Waals surface area contributed by atoms with E-state index in [1.807, 2.05) is 12.1 Å². The van der Waals surface area contributed by atoms with E-state index in [9.17, 15) is 0 Å². The zero-order chi connectivity index (χ0) is 11.5. The molecular formula is C12H14N4O. The molecule has 0 aromatic carbocycles. The fourth-order valence-corrected chi connectivity index (χ4v) is 2.06. The summed E-state index contributed by atoms with van der Waals surface area (Å²) < 4.78 is 5.28. The smallest absolute Gasteiger partial charge is 0.243 e. The van der Waals surface area contributed by atoms with Gasteiger partial charge in [-0.15, -0.1) is 0 Å². The molecule has 0 spiro atoms. The predicted octanol–water partition coefficient (Wildman–Crippen LogP) is 1.48. The van der Waals surface area contributed by atoms with Crippen LogP contribution in [-0.2, 0) is 6.42 Å². The first kappa shape index (κ1) is 10.4. The number of hydrogen-bond acceptors (Lipinski definition) is 5. The van der Waals surface area contributed by atoms with Crippen LogP contribution in [-0.4, -0.2) is 21.7 Å². The van der Waals surface area contributed by atoms with Crippen molar-refractivity contribution in [2.45, 2.75) is 25.3 Å². The van der Waals surface area contributed by atoms with Crippen molar-refractivity contribution in [2.24, 2.45) is 0 Å². The van der Waals surface area contributed by atoms with Gasteiger partial charge >= 0.3 is 0 Å². The van der Waals surface area contributed by atoms with Gasteiger partial charge in [-0.05, 0) is 37.1 Å². The molecular weight excluding hydrogens is 216 g/mol. The molecule has 2 aromatic heterocycles. The summed E-state index contributed by atoms with van der Waals surface area (Å²) in [5, 5.41) is 7.35. The van der Waals surface area contributed by atoms with Gasteiger partial charge in [-0.3, -0.25) is 4.98 Å². The normalized spacial score (nSPS) is 19.6. The fourth-order valence-electron chi connectivity index (χ4n) is 2.06. The molecule has 17 heavy (non-hydrogen) atoms. The fraction of sp³-hybridized carbons (Fsp3) is 0.417. The molecule has 0 radical (unpaired) electrons. The maximum Gasteiger partial charge on any atom is 0.243 e. The van der Waals surface area contributed by atoms with Crippen molar-refractivity contribution in [1.29, 1.82) is 0 Å². The SMILES string of the molecule is c1cc(Cc2noc(C3CCCN3)n2)ccn1. The number of nitrogens with zero attached hydrogens (tertiary/aromatic N) is 3. The van der Waals surface area contributed by atoms with Gasteiger partial charge in [0, 0.05) is 18.8 Å². The lowest BCUT2D eigenvalue weighted by Crippen LogP contribution is -2.13. The Kier molecular flexibility index (Phi) is 2.83. The van der Waals surface area contributed by atoms with E-state index in [1.165, 1.54) is 6.42 Å². The molecule has 0 aliphatic carbocycles. The van der Waals surface area contributed by atoms with Crippen LogP contribution in [0.5, 0.6) is 0 Å². The van der Waals surface area contributed by atoms with E-state index in [1.54, 1.807) is 12.4 Å². The summed E-state index contributed by atoms with van der Waals surface area (Å²) in [6.07, 6.45) is 6.49. The van der Waals surface area contributed by atoms with Crippen LogP contribution in [0.25, 0.3) is 0 Å². The average molecular weight is 230 g/mol. The van der Waals surface area contributed by atoms with Crippen molar-refractivity contribution >= 4 is 0 Å². The minimum atomic E-state index is 0.244. The lowest BCUT2D eigenvalue weighted by molar-refractivity contribution is 0.341. The third-order valence-electron chi connectivity index (χ3n) is 2.95. The van der Waals surface area contributed by atoms with Gasteiger partial charge in [-0.25, -0.2) is 0 Å². The molecule has 1 atom stereocenters. The van der Waals surface area contributed by atoms with Crippen molar-refractivity contribution in [3.8, 4) is 0 Å². The van der Waals surface area contributed by atoms with Gasteiger partial charge in [0.2, 0.25) is 5.89 Å². The van der Waals surface area contributed by atoms with Crippen molar-refractivity contribution in [1.82, 2.24) is 20.4 Å². The van der Waals surface area contributed by atoms with Crippen LogP contribution >= 0.6 is 0 Å². The van der Waals surface area contributed by atoms with Gasteiger partial charge < -0.3 is 9.84 Å². The molecule has 0 amide bonds. The Labute approximate surface area is 99.3 Å². The van der Waals surface area contributed by atoms with Crippen LogP contribution in [0.4, 0.5) is 0 Å². The van der Waals surface area contributed by atoms with Crippen molar-refractivity contribution < 1.29 is 4.52 Å². The number of pyridine rings is 1.